The Morgan fingerprint density at radius 2 is 1.61 bits per heavy atom. The predicted octanol–water partition coefficient (Wildman–Crippen LogP) is 2.95. The van der Waals surface area contributed by atoms with Gasteiger partial charge < -0.3 is 15.8 Å². The lowest BCUT2D eigenvalue weighted by Crippen LogP contribution is -2.62. The Kier molecular flexibility index (Phi) is 4.34. The van der Waals surface area contributed by atoms with Crippen LogP contribution < -0.4 is 10.6 Å². The van der Waals surface area contributed by atoms with Crippen LogP contribution in [0.25, 0.3) is 0 Å². The van der Waals surface area contributed by atoms with Gasteiger partial charge in [0.05, 0.1) is 5.82 Å². The molecule has 4 nitrogen and oxygen atoms in total. The molecule has 18 heavy (non-hydrogen) atoms. The zero-order chi connectivity index (χ0) is 14.1. The molecule has 0 aromatic carbocycles. The van der Waals surface area contributed by atoms with Gasteiger partial charge in [-0.3, -0.25) is 0 Å². The van der Waals surface area contributed by atoms with Gasteiger partial charge in [-0.1, -0.05) is 0 Å². The summed E-state index contributed by atoms with van der Waals surface area (Å²) >= 11 is 0. The molecular formula is C14H33N3O. The van der Waals surface area contributed by atoms with Crippen molar-refractivity contribution in [2.75, 3.05) is 7.05 Å². The number of rotatable bonds is 3. The summed E-state index contributed by atoms with van der Waals surface area (Å²) in [5.74, 6) is 1.10. The van der Waals surface area contributed by atoms with E-state index in [1.54, 1.807) is 0 Å². The summed E-state index contributed by atoms with van der Waals surface area (Å²) in [5, 5.41) is 18.5. The van der Waals surface area contributed by atoms with Crippen molar-refractivity contribution in [2.45, 2.75) is 71.5 Å². The van der Waals surface area contributed by atoms with Crippen LogP contribution in [0.15, 0.2) is 11.4 Å². The van der Waals surface area contributed by atoms with Crippen molar-refractivity contribution in [3.63, 3.8) is 0 Å². The molecule has 3 N–H and O–H groups in total. The molecule has 1 saturated heterocycles. The number of allylic oxidation sites excluding steroid dienone is 1. The molecule has 0 amide bonds. The summed E-state index contributed by atoms with van der Waals surface area (Å²) in [6.45, 7) is 12.5. The highest BCUT2D eigenvalue weighted by atomic mass is 16.5. The van der Waals surface area contributed by atoms with E-state index in [0.717, 1.165) is 18.7 Å². The van der Waals surface area contributed by atoms with Crippen molar-refractivity contribution in [3.8, 4) is 0 Å². The van der Waals surface area contributed by atoms with Crippen LogP contribution >= 0.6 is 0 Å². The first kappa shape index (κ1) is 15.3. The van der Waals surface area contributed by atoms with Crippen LogP contribution in [-0.2, 0) is 0 Å². The molecule has 0 aromatic heterocycles. The van der Waals surface area contributed by atoms with E-state index >= 15 is 0 Å². The van der Waals surface area contributed by atoms with Gasteiger partial charge in [0.15, 0.2) is 0 Å². The van der Waals surface area contributed by atoms with Crippen LogP contribution in [0.4, 0.5) is 0 Å². The standard InChI is InChI=1S/C14H29N3O.2H2/c1-10(2)12(15-7)16-11-8-13(3,4)17(18)14(5,6)9-11;;/h11,15-16,18H,8-9H2,1-7H3;2*1H. The summed E-state index contributed by atoms with van der Waals surface area (Å²) in [5.41, 5.74) is 0.833. The highest BCUT2D eigenvalue weighted by molar-refractivity contribution is 5.09. The summed E-state index contributed by atoms with van der Waals surface area (Å²) in [6.07, 6.45) is 1.84. The minimum absolute atomic E-state index is 0. The molecule has 0 radical (unpaired) electrons. The Morgan fingerprint density at radius 1 is 1.17 bits per heavy atom. The summed E-state index contributed by atoms with van der Waals surface area (Å²) in [4.78, 5) is 0. The number of nitrogens with one attached hydrogen (secondary N) is 2. The summed E-state index contributed by atoms with van der Waals surface area (Å²) < 4.78 is 0. The molecule has 1 fully saturated rings. The number of hydrogen-bond donors (Lipinski definition) is 3. The predicted molar refractivity (Wildman–Crippen MR) is 79.6 cm³/mol. The SMILES string of the molecule is CNC(NC1CC(C)(C)N(O)C(C)(C)C1)=C(C)C.[HH].[HH]. The normalized spacial score (nSPS) is 23.6. The molecule has 1 heterocycles. The van der Waals surface area contributed by atoms with Crippen molar-refractivity contribution in [1.82, 2.24) is 15.7 Å². The molecule has 1 aliphatic rings. The molecule has 4 heteroatoms. The topological polar surface area (TPSA) is 47.5 Å². The Morgan fingerprint density at radius 3 is 1.94 bits per heavy atom. The van der Waals surface area contributed by atoms with Gasteiger partial charge in [0.1, 0.15) is 0 Å². The molecule has 0 saturated carbocycles. The highest BCUT2D eigenvalue weighted by Gasteiger charge is 2.45. The Balaban J connectivity index is 0. The fourth-order valence-electron chi connectivity index (χ4n) is 3.04. The second kappa shape index (κ2) is 5.10. The number of nitrogens with zero attached hydrogens (tertiary/aromatic N) is 1. The van der Waals surface area contributed by atoms with Gasteiger partial charge >= 0.3 is 0 Å². The second-order valence-electron chi connectivity index (χ2n) is 6.81. The lowest BCUT2D eigenvalue weighted by molar-refractivity contribution is -0.245. The quantitative estimate of drug-likeness (QED) is 0.729. The monoisotopic (exact) mass is 259 g/mol. The third kappa shape index (κ3) is 3.18. The fourth-order valence-corrected chi connectivity index (χ4v) is 3.04. The van der Waals surface area contributed by atoms with Crippen LogP contribution in [0, 0.1) is 0 Å². The van der Waals surface area contributed by atoms with Gasteiger partial charge in [-0.05, 0) is 60.0 Å². The van der Waals surface area contributed by atoms with Gasteiger partial charge in [-0.15, -0.1) is 0 Å². The van der Waals surface area contributed by atoms with Crippen molar-refractivity contribution in [2.24, 2.45) is 0 Å². The Bertz CT molecular complexity index is 321. The van der Waals surface area contributed by atoms with E-state index in [2.05, 4.69) is 52.2 Å². The average molecular weight is 259 g/mol. The van der Waals surface area contributed by atoms with Gasteiger partial charge in [-0.2, -0.15) is 5.06 Å². The van der Waals surface area contributed by atoms with Crippen LogP contribution in [0.2, 0.25) is 0 Å². The minimum atomic E-state index is -0.208. The van der Waals surface area contributed by atoms with Gasteiger partial charge in [0.2, 0.25) is 0 Å². The lowest BCUT2D eigenvalue weighted by Gasteiger charge is -2.51. The number of hydrogen-bond acceptors (Lipinski definition) is 4. The third-order valence-corrected chi connectivity index (χ3v) is 3.74. The first-order valence-electron chi connectivity index (χ1n) is 6.71. The maximum absolute atomic E-state index is 10.3. The second-order valence-corrected chi connectivity index (χ2v) is 6.81. The summed E-state index contributed by atoms with van der Waals surface area (Å²) in [7, 11) is 1.94. The third-order valence-electron chi connectivity index (χ3n) is 3.74. The van der Waals surface area contributed by atoms with Crippen LogP contribution in [0.1, 0.15) is 57.2 Å². The molecule has 0 aliphatic carbocycles. The zero-order valence-corrected chi connectivity index (χ0v) is 12.9. The zero-order valence-electron chi connectivity index (χ0n) is 12.9. The number of hydroxylamine groups is 2. The molecule has 0 spiro atoms. The number of piperidine rings is 1. The molecule has 1 rings (SSSR count). The van der Waals surface area contributed by atoms with E-state index in [9.17, 15) is 5.21 Å². The van der Waals surface area contributed by atoms with Gasteiger partial charge in [-0.25, -0.2) is 0 Å². The average Bonchev–Trinajstić information content (AvgIpc) is 2.21. The van der Waals surface area contributed by atoms with E-state index in [4.69, 9.17) is 0 Å². The molecule has 0 unspecified atom stereocenters. The van der Waals surface area contributed by atoms with E-state index in [-0.39, 0.29) is 13.9 Å². The maximum atomic E-state index is 10.3. The highest BCUT2D eigenvalue weighted by Crippen LogP contribution is 2.36. The molecule has 110 valence electrons. The lowest BCUT2D eigenvalue weighted by atomic mass is 9.79. The van der Waals surface area contributed by atoms with E-state index in [1.165, 1.54) is 10.6 Å². The van der Waals surface area contributed by atoms with Gasteiger partial charge in [0.25, 0.3) is 0 Å². The Hall–Kier alpha value is -0.740. The largest absolute Gasteiger partial charge is 0.375 e. The van der Waals surface area contributed by atoms with Crippen molar-refractivity contribution < 1.29 is 8.06 Å². The van der Waals surface area contributed by atoms with Crippen LogP contribution in [0.3, 0.4) is 0 Å². The first-order valence-corrected chi connectivity index (χ1v) is 6.71. The van der Waals surface area contributed by atoms with Crippen molar-refractivity contribution >= 4 is 0 Å². The maximum Gasteiger partial charge on any atom is 0.0972 e. The van der Waals surface area contributed by atoms with Crippen molar-refractivity contribution in [3.05, 3.63) is 11.4 Å². The molecule has 0 aromatic rings. The molecular weight excluding hydrogens is 226 g/mol. The van der Waals surface area contributed by atoms with E-state index in [1.807, 2.05) is 7.05 Å². The molecule has 0 atom stereocenters. The minimum Gasteiger partial charge on any atom is -0.375 e. The molecule has 0 bridgehead atoms. The molecule has 1 aliphatic heterocycles. The van der Waals surface area contributed by atoms with Crippen LogP contribution in [-0.4, -0.2) is 34.4 Å². The Labute approximate surface area is 114 Å². The van der Waals surface area contributed by atoms with Crippen LogP contribution in [0.5, 0.6) is 0 Å². The smallest absolute Gasteiger partial charge is 0.0972 e. The fraction of sp³-hybridized carbons (Fsp3) is 0.857. The van der Waals surface area contributed by atoms with E-state index in [0.29, 0.717) is 6.04 Å². The van der Waals surface area contributed by atoms with Gasteiger partial charge in [0, 0.05) is 27.0 Å². The first-order chi connectivity index (χ1) is 8.10. The summed E-state index contributed by atoms with van der Waals surface area (Å²) in [6, 6.07) is 0.371. The van der Waals surface area contributed by atoms with E-state index < -0.39 is 0 Å². The van der Waals surface area contributed by atoms with Crippen molar-refractivity contribution in [1.29, 1.82) is 0 Å².